The average Bonchev–Trinajstić information content (AvgIpc) is 3.09. The molecule has 0 bridgehead atoms. The standard InChI is InChI=1S/C19H23FN2O5S/c1-22-19(13-8-9-16(25-2)17(10-13)26-3)18(12-27-22)28(23,24)21-11-14-6-4-5-7-15(14)20/h4-10,18-19,21H,11-12H2,1-3H3. The number of nitrogens with one attached hydrogen (secondary N) is 1. The van der Waals surface area contributed by atoms with Crippen molar-refractivity contribution in [2.75, 3.05) is 27.9 Å². The molecule has 0 aromatic heterocycles. The molecule has 2 aromatic carbocycles. The minimum absolute atomic E-state index is 0.0118. The SMILES string of the molecule is COc1ccc(C2C(S(=O)(=O)NCc3ccccc3F)CON2C)cc1OC. The highest BCUT2D eigenvalue weighted by molar-refractivity contribution is 7.90. The molecule has 0 saturated carbocycles. The van der Waals surface area contributed by atoms with E-state index in [9.17, 15) is 12.8 Å². The summed E-state index contributed by atoms with van der Waals surface area (Å²) in [6.07, 6.45) is 0. The number of ether oxygens (including phenoxy) is 2. The van der Waals surface area contributed by atoms with Crippen LogP contribution in [0.15, 0.2) is 42.5 Å². The highest BCUT2D eigenvalue weighted by atomic mass is 32.2. The lowest BCUT2D eigenvalue weighted by Crippen LogP contribution is -2.39. The number of nitrogens with zero attached hydrogens (tertiary/aromatic N) is 1. The number of benzene rings is 2. The number of halogens is 1. The fourth-order valence-corrected chi connectivity index (χ4v) is 4.72. The Hall–Kier alpha value is -2.20. The van der Waals surface area contributed by atoms with Crippen LogP contribution in [0.2, 0.25) is 0 Å². The minimum Gasteiger partial charge on any atom is -0.493 e. The first-order valence-electron chi connectivity index (χ1n) is 8.67. The van der Waals surface area contributed by atoms with Crippen LogP contribution in [0.3, 0.4) is 0 Å². The van der Waals surface area contributed by atoms with Gasteiger partial charge in [-0.05, 0) is 23.8 Å². The largest absolute Gasteiger partial charge is 0.493 e. The summed E-state index contributed by atoms with van der Waals surface area (Å²) in [6, 6.07) is 10.7. The molecular weight excluding hydrogens is 387 g/mol. The Morgan fingerprint density at radius 1 is 1.18 bits per heavy atom. The summed E-state index contributed by atoms with van der Waals surface area (Å²) in [5, 5.41) is 0.635. The van der Waals surface area contributed by atoms with Crippen molar-refractivity contribution in [1.29, 1.82) is 0 Å². The van der Waals surface area contributed by atoms with Crippen molar-refractivity contribution >= 4 is 10.0 Å². The van der Waals surface area contributed by atoms with Crippen LogP contribution in [0.5, 0.6) is 11.5 Å². The minimum atomic E-state index is -3.80. The zero-order valence-electron chi connectivity index (χ0n) is 15.9. The Labute approximate surface area is 164 Å². The second-order valence-electron chi connectivity index (χ2n) is 6.40. The van der Waals surface area contributed by atoms with Crippen molar-refractivity contribution in [3.05, 3.63) is 59.4 Å². The molecule has 2 atom stereocenters. The van der Waals surface area contributed by atoms with E-state index in [0.29, 0.717) is 17.1 Å². The Kier molecular flexibility index (Phi) is 6.19. The van der Waals surface area contributed by atoms with E-state index in [2.05, 4.69) is 4.72 Å². The normalized spacial score (nSPS) is 20.3. The molecule has 152 valence electrons. The summed E-state index contributed by atoms with van der Waals surface area (Å²) < 4.78 is 52.7. The maximum absolute atomic E-state index is 13.8. The third-order valence-corrected chi connectivity index (χ3v) is 6.49. The van der Waals surface area contributed by atoms with Gasteiger partial charge in [-0.3, -0.25) is 4.84 Å². The van der Waals surface area contributed by atoms with E-state index < -0.39 is 27.1 Å². The first-order valence-corrected chi connectivity index (χ1v) is 10.2. The third kappa shape index (κ3) is 4.12. The van der Waals surface area contributed by atoms with E-state index in [1.807, 2.05) is 0 Å². The second kappa shape index (κ2) is 8.44. The molecule has 2 unspecified atom stereocenters. The molecule has 0 aliphatic carbocycles. The Balaban J connectivity index is 1.85. The zero-order chi connectivity index (χ0) is 20.3. The van der Waals surface area contributed by atoms with Crippen LogP contribution in [0.1, 0.15) is 17.2 Å². The lowest BCUT2D eigenvalue weighted by Gasteiger charge is -2.24. The molecule has 9 heteroatoms. The van der Waals surface area contributed by atoms with Crippen molar-refractivity contribution < 1.29 is 27.1 Å². The summed E-state index contributed by atoms with van der Waals surface area (Å²) in [7, 11) is 0.923. The summed E-state index contributed by atoms with van der Waals surface area (Å²) >= 11 is 0. The van der Waals surface area contributed by atoms with E-state index in [4.69, 9.17) is 14.3 Å². The quantitative estimate of drug-likeness (QED) is 0.755. The Bertz CT molecular complexity index is 938. The Morgan fingerprint density at radius 2 is 1.89 bits per heavy atom. The maximum atomic E-state index is 13.8. The van der Waals surface area contributed by atoms with Crippen LogP contribution < -0.4 is 14.2 Å². The molecule has 7 nitrogen and oxygen atoms in total. The van der Waals surface area contributed by atoms with E-state index in [1.165, 1.54) is 25.3 Å². The number of sulfonamides is 1. The number of rotatable bonds is 7. The highest BCUT2D eigenvalue weighted by Gasteiger charge is 2.43. The first kappa shape index (κ1) is 20.5. The van der Waals surface area contributed by atoms with Crippen LogP contribution in [-0.4, -0.2) is 46.6 Å². The van der Waals surface area contributed by atoms with Crippen molar-refractivity contribution in [3.8, 4) is 11.5 Å². The average molecular weight is 410 g/mol. The summed E-state index contributed by atoms with van der Waals surface area (Å²) in [6.45, 7) is -0.143. The molecule has 1 N–H and O–H groups in total. The van der Waals surface area contributed by atoms with E-state index in [1.54, 1.807) is 43.4 Å². The molecule has 1 aliphatic rings. The van der Waals surface area contributed by atoms with Crippen molar-refractivity contribution in [2.45, 2.75) is 17.8 Å². The van der Waals surface area contributed by atoms with Crippen LogP contribution in [0.25, 0.3) is 0 Å². The van der Waals surface area contributed by atoms with E-state index in [-0.39, 0.29) is 18.7 Å². The molecule has 0 radical (unpaired) electrons. The van der Waals surface area contributed by atoms with Crippen LogP contribution in [0.4, 0.5) is 4.39 Å². The van der Waals surface area contributed by atoms with Crippen LogP contribution in [0, 0.1) is 5.82 Å². The third-order valence-electron chi connectivity index (χ3n) is 4.76. The maximum Gasteiger partial charge on any atom is 0.219 e. The molecule has 1 aliphatic heterocycles. The van der Waals surface area contributed by atoms with Crippen molar-refractivity contribution in [3.63, 3.8) is 0 Å². The monoisotopic (exact) mass is 410 g/mol. The molecule has 1 fully saturated rings. The van der Waals surface area contributed by atoms with Crippen molar-refractivity contribution in [1.82, 2.24) is 9.79 Å². The van der Waals surface area contributed by atoms with E-state index >= 15 is 0 Å². The van der Waals surface area contributed by atoms with Gasteiger partial charge >= 0.3 is 0 Å². The first-order chi connectivity index (χ1) is 13.4. The van der Waals surface area contributed by atoms with Gasteiger partial charge in [0.05, 0.1) is 26.9 Å². The second-order valence-corrected chi connectivity index (χ2v) is 8.38. The predicted molar refractivity (Wildman–Crippen MR) is 102 cm³/mol. The molecule has 28 heavy (non-hydrogen) atoms. The van der Waals surface area contributed by atoms with Gasteiger partial charge in [0.1, 0.15) is 11.1 Å². The van der Waals surface area contributed by atoms with Crippen LogP contribution >= 0.6 is 0 Å². The fraction of sp³-hybridized carbons (Fsp3) is 0.368. The van der Waals surface area contributed by atoms with E-state index in [0.717, 1.165) is 0 Å². The molecule has 2 aromatic rings. The Morgan fingerprint density at radius 3 is 2.57 bits per heavy atom. The van der Waals surface area contributed by atoms with Gasteiger partial charge in [-0.1, -0.05) is 24.3 Å². The van der Waals surface area contributed by atoms with Crippen LogP contribution in [-0.2, 0) is 21.4 Å². The van der Waals surface area contributed by atoms with Gasteiger partial charge in [0.15, 0.2) is 11.5 Å². The summed E-state index contributed by atoms with van der Waals surface area (Å²) in [4.78, 5) is 5.49. The lowest BCUT2D eigenvalue weighted by molar-refractivity contribution is -0.110. The summed E-state index contributed by atoms with van der Waals surface area (Å²) in [5.41, 5.74) is 0.986. The van der Waals surface area contributed by atoms with Gasteiger partial charge in [0.2, 0.25) is 10.0 Å². The highest BCUT2D eigenvalue weighted by Crippen LogP contribution is 2.37. The predicted octanol–water partition coefficient (Wildman–Crippen LogP) is 2.25. The molecular formula is C19H23FN2O5S. The fourth-order valence-electron chi connectivity index (χ4n) is 3.24. The van der Waals surface area contributed by atoms with Gasteiger partial charge in [-0.2, -0.15) is 5.06 Å². The zero-order valence-corrected chi connectivity index (χ0v) is 16.7. The molecule has 1 saturated heterocycles. The number of hydrogen-bond acceptors (Lipinski definition) is 6. The smallest absolute Gasteiger partial charge is 0.219 e. The molecule has 0 amide bonds. The van der Waals surface area contributed by atoms with Gasteiger partial charge in [-0.25, -0.2) is 17.5 Å². The topological polar surface area (TPSA) is 77.1 Å². The van der Waals surface area contributed by atoms with Gasteiger partial charge in [0, 0.05) is 19.2 Å². The number of methoxy groups -OCH3 is 2. The molecule has 0 spiro atoms. The number of hydroxylamine groups is 2. The van der Waals surface area contributed by atoms with Gasteiger partial charge < -0.3 is 9.47 Å². The lowest BCUT2D eigenvalue weighted by atomic mass is 10.0. The number of hydrogen-bond donors (Lipinski definition) is 1. The van der Waals surface area contributed by atoms with Gasteiger partial charge in [-0.15, -0.1) is 0 Å². The van der Waals surface area contributed by atoms with Gasteiger partial charge in [0.25, 0.3) is 0 Å². The molecule has 3 rings (SSSR count). The summed E-state index contributed by atoms with van der Waals surface area (Å²) in [5.74, 6) is 0.585. The van der Waals surface area contributed by atoms with Crippen molar-refractivity contribution in [2.24, 2.45) is 0 Å². The molecule has 1 heterocycles.